The molecule has 3 rings (SSSR count). The Labute approximate surface area is 114 Å². The molecule has 0 unspecified atom stereocenters. The average molecular weight is 255 g/mol. The van der Waals surface area contributed by atoms with Crippen molar-refractivity contribution in [3.05, 3.63) is 42.9 Å². The first-order valence-electron chi connectivity index (χ1n) is 7.13. The van der Waals surface area contributed by atoms with Crippen LogP contribution in [0.25, 0.3) is 11.3 Å². The van der Waals surface area contributed by atoms with Gasteiger partial charge in [-0.25, -0.2) is 4.98 Å². The lowest BCUT2D eigenvalue weighted by molar-refractivity contribution is 0.302. The molecule has 1 saturated carbocycles. The fraction of sp³-hybridized carbons (Fsp3) is 0.438. The summed E-state index contributed by atoms with van der Waals surface area (Å²) < 4.78 is 2.36. The van der Waals surface area contributed by atoms with Crippen LogP contribution in [-0.2, 0) is 0 Å². The summed E-state index contributed by atoms with van der Waals surface area (Å²) in [5.41, 5.74) is 2.50. The van der Waals surface area contributed by atoms with Gasteiger partial charge in [0.1, 0.15) is 0 Å². The lowest BCUT2D eigenvalue weighted by Gasteiger charge is -2.30. The Morgan fingerprint density at radius 2 is 1.84 bits per heavy atom. The first-order valence-corrected chi connectivity index (χ1v) is 7.13. The summed E-state index contributed by atoms with van der Waals surface area (Å²) in [7, 11) is 2.07. The maximum atomic E-state index is 4.36. The summed E-state index contributed by atoms with van der Waals surface area (Å²) in [5.74, 6) is 0. The van der Waals surface area contributed by atoms with Gasteiger partial charge in [-0.3, -0.25) is 0 Å². The Bertz CT molecular complexity index is 510. The normalized spacial score (nSPS) is 23.4. The molecule has 100 valence electrons. The minimum Gasteiger partial charge on any atom is -0.328 e. The molecule has 3 heteroatoms. The van der Waals surface area contributed by atoms with Gasteiger partial charge in [-0.15, -0.1) is 0 Å². The average Bonchev–Trinajstić information content (AvgIpc) is 2.98. The Morgan fingerprint density at radius 3 is 2.53 bits per heavy atom. The molecule has 0 radical (unpaired) electrons. The molecule has 2 aromatic rings. The van der Waals surface area contributed by atoms with Crippen molar-refractivity contribution in [2.75, 3.05) is 7.05 Å². The summed E-state index contributed by atoms with van der Waals surface area (Å²) in [6, 6.07) is 11.8. The van der Waals surface area contributed by atoms with Crippen molar-refractivity contribution in [3.8, 4) is 11.3 Å². The van der Waals surface area contributed by atoms with Gasteiger partial charge in [0.2, 0.25) is 0 Å². The van der Waals surface area contributed by atoms with E-state index in [9.17, 15) is 0 Å². The van der Waals surface area contributed by atoms with Gasteiger partial charge in [0.15, 0.2) is 0 Å². The molecule has 0 aliphatic heterocycles. The number of benzene rings is 1. The molecule has 1 heterocycles. The van der Waals surface area contributed by atoms with Crippen molar-refractivity contribution in [2.45, 2.75) is 37.8 Å². The molecule has 1 aromatic carbocycles. The second-order valence-electron chi connectivity index (χ2n) is 5.35. The van der Waals surface area contributed by atoms with E-state index in [0.29, 0.717) is 12.1 Å². The van der Waals surface area contributed by atoms with Crippen LogP contribution in [0.3, 0.4) is 0 Å². The van der Waals surface area contributed by atoms with Gasteiger partial charge in [-0.2, -0.15) is 0 Å². The fourth-order valence-corrected chi connectivity index (χ4v) is 3.07. The molecule has 0 bridgehead atoms. The monoisotopic (exact) mass is 255 g/mol. The maximum absolute atomic E-state index is 4.36. The van der Waals surface area contributed by atoms with Gasteiger partial charge in [0.05, 0.1) is 18.2 Å². The highest BCUT2D eigenvalue weighted by Gasteiger charge is 2.22. The molecule has 3 nitrogen and oxygen atoms in total. The highest BCUT2D eigenvalue weighted by molar-refractivity contribution is 5.58. The van der Waals surface area contributed by atoms with Crippen molar-refractivity contribution in [1.29, 1.82) is 0 Å². The van der Waals surface area contributed by atoms with E-state index in [0.717, 1.165) is 0 Å². The number of hydrogen-bond donors (Lipinski definition) is 1. The zero-order valence-electron chi connectivity index (χ0n) is 11.4. The lowest BCUT2D eigenvalue weighted by Crippen LogP contribution is -2.31. The summed E-state index contributed by atoms with van der Waals surface area (Å²) in [5, 5.41) is 3.39. The standard InChI is InChI=1S/C16H21N3/c1-17-14-7-9-15(10-8-14)19-12-18-11-16(19)13-5-3-2-4-6-13/h2-6,11-12,14-15,17H,7-10H2,1H3. The third-order valence-corrected chi connectivity index (χ3v) is 4.23. The van der Waals surface area contributed by atoms with Gasteiger partial charge >= 0.3 is 0 Å². The molecule has 1 aliphatic carbocycles. The van der Waals surface area contributed by atoms with Crippen molar-refractivity contribution >= 4 is 0 Å². The number of rotatable bonds is 3. The van der Waals surface area contributed by atoms with E-state index in [1.54, 1.807) is 0 Å². The number of nitrogens with one attached hydrogen (secondary N) is 1. The second-order valence-corrected chi connectivity index (χ2v) is 5.35. The molecule has 1 N–H and O–H groups in total. The molecular weight excluding hydrogens is 234 g/mol. The van der Waals surface area contributed by atoms with E-state index in [2.05, 4.69) is 52.2 Å². The molecule has 19 heavy (non-hydrogen) atoms. The second kappa shape index (κ2) is 5.57. The minimum atomic E-state index is 0.599. The van der Waals surface area contributed by atoms with E-state index < -0.39 is 0 Å². The number of imidazole rings is 1. The van der Waals surface area contributed by atoms with Crippen LogP contribution in [0, 0.1) is 0 Å². The third kappa shape index (κ3) is 2.56. The Morgan fingerprint density at radius 1 is 1.11 bits per heavy atom. The molecule has 1 fully saturated rings. The molecule has 0 saturated heterocycles. The fourth-order valence-electron chi connectivity index (χ4n) is 3.07. The maximum Gasteiger partial charge on any atom is 0.0953 e. The third-order valence-electron chi connectivity index (χ3n) is 4.23. The van der Waals surface area contributed by atoms with Crippen molar-refractivity contribution in [3.63, 3.8) is 0 Å². The Hall–Kier alpha value is -1.61. The van der Waals surface area contributed by atoms with Crippen molar-refractivity contribution < 1.29 is 0 Å². The van der Waals surface area contributed by atoms with Gasteiger partial charge in [-0.1, -0.05) is 30.3 Å². The highest BCUT2D eigenvalue weighted by atomic mass is 15.1. The Kier molecular flexibility index (Phi) is 3.65. The number of aromatic nitrogens is 2. The molecule has 0 spiro atoms. The molecular formula is C16H21N3. The van der Waals surface area contributed by atoms with Crippen LogP contribution in [0.4, 0.5) is 0 Å². The predicted octanol–water partition coefficient (Wildman–Crippen LogP) is 3.25. The SMILES string of the molecule is CNC1CCC(n2cncc2-c2ccccc2)CC1. The molecule has 0 atom stereocenters. The van der Waals surface area contributed by atoms with Crippen molar-refractivity contribution in [2.24, 2.45) is 0 Å². The van der Waals surface area contributed by atoms with Gasteiger partial charge in [0.25, 0.3) is 0 Å². The quantitative estimate of drug-likeness (QED) is 0.912. The van der Waals surface area contributed by atoms with Crippen LogP contribution < -0.4 is 5.32 Å². The van der Waals surface area contributed by atoms with E-state index in [4.69, 9.17) is 0 Å². The van der Waals surface area contributed by atoms with Gasteiger partial charge in [0, 0.05) is 12.1 Å². The van der Waals surface area contributed by atoms with Gasteiger partial charge < -0.3 is 9.88 Å². The van der Waals surface area contributed by atoms with Crippen LogP contribution in [0.1, 0.15) is 31.7 Å². The first-order chi connectivity index (χ1) is 9.38. The van der Waals surface area contributed by atoms with Crippen LogP contribution in [0.2, 0.25) is 0 Å². The minimum absolute atomic E-state index is 0.599. The molecule has 1 aromatic heterocycles. The van der Waals surface area contributed by atoms with Crippen molar-refractivity contribution in [1.82, 2.24) is 14.9 Å². The van der Waals surface area contributed by atoms with E-state index >= 15 is 0 Å². The highest BCUT2D eigenvalue weighted by Crippen LogP contribution is 2.32. The number of nitrogens with zero attached hydrogens (tertiary/aromatic N) is 2. The molecule has 0 amide bonds. The van der Waals surface area contributed by atoms with E-state index in [1.807, 2.05) is 12.5 Å². The summed E-state index contributed by atoms with van der Waals surface area (Å²) in [6.45, 7) is 0. The summed E-state index contributed by atoms with van der Waals surface area (Å²) >= 11 is 0. The molecule has 1 aliphatic rings. The summed E-state index contributed by atoms with van der Waals surface area (Å²) in [6.07, 6.45) is 8.97. The first kappa shape index (κ1) is 12.4. The van der Waals surface area contributed by atoms with Crippen LogP contribution in [-0.4, -0.2) is 22.6 Å². The summed E-state index contributed by atoms with van der Waals surface area (Å²) in [4.78, 5) is 4.36. The van der Waals surface area contributed by atoms with E-state index in [-0.39, 0.29) is 0 Å². The lowest BCUT2D eigenvalue weighted by atomic mass is 9.91. The zero-order chi connectivity index (χ0) is 13.1. The Balaban J connectivity index is 1.81. The largest absolute Gasteiger partial charge is 0.328 e. The predicted molar refractivity (Wildman–Crippen MR) is 78.0 cm³/mol. The zero-order valence-corrected chi connectivity index (χ0v) is 11.4. The number of hydrogen-bond acceptors (Lipinski definition) is 2. The smallest absolute Gasteiger partial charge is 0.0953 e. The topological polar surface area (TPSA) is 29.9 Å². The van der Waals surface area contributed by atoms with Crippen LogP contribution >= 0.6 is 0 Å². The van der Waals surface area contributed by atoms with E-state index in [1.165, 1.54) is 36.9 Å². The van der Waals surface area contributed by atoms with Gasteiger partial charge in [-0.05, 0) is 38.3 Å². The van der Waals surface area contributed by atoms with Crippen LogP contribution in [0.5, 0.6) is 0 Å². The van der Waals surface area contributed by atoms with Crippen LogP contribution in [0.15, 0.2) is 42.9 Å².